The van der Waals surface area contributed by atoms with Crippen LogP contribution in [0.15, 0.2) is 316 Å². The summed E-state index contributed by atoms with van der Waals surface area (Å²) in [6, 6.07) is 103. The van der Waals surface area contributed by atoms with Gasteiger partial charge >= 0.3 is 0 Å². The van der Waals surface area contributed by atoms with E-state index < -0.39 is 11.1 Å². The van der Waals surface area contributed by atoms with Gasteiger partial charge in [0.25, 0.3) is 11.8 Å². The van der Waals surface area contributed by atoms with E-state index in [0.29, 0.717) is 24.2 Å². The number of para-hydroxylation sites is 2. The highest BCUT2D eigenvalue weighted by atomic mass is 16.2. The summed E-state index contributed by atoms with van der Waals surface area (Å²) in [6.07, 6.45) is 12.7. The summed E-state index contributed by atoms with van der Waals surface area (Å²) in [6.45, 7) is 1.32. The van der Waals surface area contributed by atoms with Crippen molar-refractivity contribution in [2.24, 2.45) is 23.7 Å². The highest BCUT2D eigenvalue weighted by Crippen LogP contribution is 2.56. The van der Waals surface area contributed by atoms with E-state index in [4.69, 9.17) is 10.2 Å². The lowest BCUT2D eigenvalue weighted by atomic mass is 9.76. The molecule has 0 unspecified atom stereocenters. The minimum atomic E-state index is -0.767. The van der Waals surface area contributed by atoms with Gasteiger partial charge in [-0.2, -0.15) is 10.2 Å². The second-order valence-corrected chi connectivity index (χ2v) is 29.9. The van der Waals surface area contributed by atoms with E-state index in [1.165, 1.54) is 0 Å². The maximum absolute atomic E-state index is 14.9. The molecular formula is C94H90N10O4. The van der Waals surface area contributed by atoms with Crippen LogP contribution in [0.3, 0.4) is 0 Å². The smallest absolute Gasteiger partial charge is 0.251 e. The van der Waals surface area contributed by atoms with Crippen LogP contribution < -0.4 is 21.3 Å². The van der Waals surface area contributed by atoms with Crippen molar-refractivity contribution in [1.82, 2.24) is 40.0 Å². The fourth-order valence-electron chi connectivity index (χ4n) is 19.3. The summed E-state index contributed by atoms with van der Waals surface area (Å²) in [5.41, 5.74) is 12.9. The zero-order valence-electron chi connectivity index (χ0n) is 60.6. The maximum atomic E-state index is 14.9. The number of amides is 4. The molecular weight excluding hydrogens is 1330 g/mol. The third-order valence-corrected chi connectivity index (χ3v) is 24.1. The number of hydrogen-bond acceptors (Lipinski definition) is 8. The van der Waals surface area contributed by atoms with Crippen molar-refractivity contribution in [3.8, 4) is 0 Å². The average Bonchev–Trinajstić information content (AvgIpc) is 1.39. The first-order valence-electron chi connectivity index (χ1n) is 38.7. The van der Waals surface area contributed by atoms with Crippen LogP contribution in [0.5, 0.6) is 0 Å². The van der Waals surface area contributed by atoms with Crippen LogP contribution in [0.25, 0.3) is 0 Å². The van der Waals surface area contributed by atoms with Crippen LogP contribution in [0.2, 0.25) is 0 Å². The van der Waals surface area contributed by atoms with E-state index >= 15 is 0 Å². The standard InChI is InChI=1S/2C47H45N5O2/c2*53-45(33-17-5-1-6-18-33)50-41-28-16-14-26-38(41)46(54)51-32-30-39-43(49-40-27-15-13-25-37(40)44(39)51)42-29-31-48-52(42)47(34-19-7-2-8-20-34,35-21-9-3-10-22-35)36-23-11-4-12-24-36/h2*1-13,15,17-25,27,29,31,38-39,41,43-44,49H,14,16,26,28,30,32H2,(H,50,53)/t38-,39+,41+,43+,44-;38-,39-,41+,43-,44+/m00/s1. The summed E-state index contributed by atoms with van der Waals surface area (Å²) in [4.78, 5) is 60.8. The molecule has 0 bridgehead atoms. The lowest BCUT2D eigenvalue weighted by molar-refractivity contribution is -0.139. The Hall–Kier alpha value is -11.9. The van der Waals surface area contributed by atoms with E-state index in [0.717, 1.165) is 131 Å². The number of fused-ring (bicyclic) bond motifs is 6. The van der Waals surface area contributed by atoms with Crippen LogP contribution >= 0.6 is 0 Å². The molecule has 540 valence electrons. The van der Waals surface area contributed by atoms with Gasteiger partial charge < -0.3 is 31.1 Å². The van der Waals surface area contributed by atoms with Gasteiger partial charge in [-0.25, -0.2) is 9.36 Å². The first-order valence-corrected chi connectivity index (χ1v) is 38.7. The molecule has 2 aliphatic carbocycles. The predicted octanol–water partition coefficient (Wildman–Crippen LogP) is 17.5. The van der Waals surface area contributed by atoms with Crippen LogP contribution in [0.4, 0.5) is 11.4 Å². The number of likely N-dealkylation sites (tertiary alicyclic amines) is 2. The number of carbonyl (C=O) groups is 4. The predicted molar refractivity (Wildman–Crippen MR) is 424 cm³/mol. The Morgan fingerprint density at radius 3 is 0.944 bits per heavy atom. The van der Waals surface area contributed by atoms with Crippen molar-refractivity contribution >= 4 is 35.0 Å². The van der Waals surface area contributed by atoms with Crippen LogP contribution in [0.1, 0.15) is 165 Å². The Balaban J connectivity index is 0.000000158. The molecule has 4 fully saturated rings. The van der Waals surface area contributed by atoms with E-state index in [-0.39, 0.29) is 83.6 Å². The summed E-state index contributed by atoms with van der Waals surface area (Å²) in [5, 5.41) is 24.9. The van der Waals surface area contributed by atoms with Gasteiger partial charge in [-0.05, 0) is 132 Å². The minimum absolute atomic E-state index is 0.0975. The van der Waals surface area contributed by atoms with E-state index in [2.05, 4.69) is 283 Å². The van der Waals surface area contributed by atoms with Crippen LogP contribution in [0, 0.1) is 23.7 Å². The topological polar surface area (TPSA) is 159 Å². The fourth-order valence-corrected chi connectivity index (χ4v) is 19.3. The summed E-state index contributed by atoms with van der Waals surface area (Å²) in [7, 11) is 0. The first-order chi connectivity index (χ1) is 53.3. The minimum Gasteiger partial charge on any atom is -0.376 e. The summed E-state index contributed by atoms with van der Waals surface area (Å²) >= 11 is 0. The number of anilines is 2. The van der Waals surface area contributed by atoms with Crippen molar-refractivity contribution in [3.63, 3.8) is 0 Å². The molecule has 6 heterocycles. The molecule has 14 nitrogen and oxygen atoms in total. The number of aromatic nitrogens is 4. The average molecular weight is 1420 g/mol. The van der Waals surface area contributed by atoms with E-state index in [1.54, 1.807) is 0 Å². The van der Waals surface area contributed by atoms with Gasteiger partial charge in [0.05, 0.1) is 47.4 Å². The molecule has 10 atom stereocenters. The van der Waals surface area contributed by atoms with Crippen LogP contribution in [-0.4, -0.2) is 78.2 Å². The normalized spacial score (nSPS) is 22.1. The second-order valence-electron chi connectivity index (χ2n) is 29.9. The van der Waals surface area contributed by atoms with Gasteiger partial charge in [0, 0.05) is 71.9 Å². The molecule has 6 aliphatic rings. The van der Waals surface area contributed by atoms with Gasteiger partial charge in [-0.1, -0.05) is 280 Å². The van der Waals surface area contributed by atoms with Gasteiger partial charge in [0.15, 0.2) is 0 Å². The number of carbonyl (C=O) groups excluding carboxylic acids is 4. The van der Waals surface area contributed by atoms with Crippen LogP contribution in [-0.2, 0) is 20.7 Å². The molecule has 2 saturated heterocycles. The molecule has 0 spiro atoms. The van der Waals surface area contributed by atoms with Gasteiger partial charge in [-0.15, -0.1) is 0 Å². The Bertz CT molecular complexity index is 4570. The van der Waals surface area contributed by atoms with E-state index in [1.807, 2.05) is 73.1 Å². The third kappa shape index (κ3) is 12.6. The highest BCUT2D eigenvalue weighted by molar-refractivity contribution is 5.96. The third-order valence-electron chi connectivity index (χ3n) is 24.1. The van der Waals surface area contributed by atoms with Crippen molar-refractivity contribution in [1.29, 1.82) is 0 Å². The molecule has 10 aromatic carbocycles. The number of hydrogen-bond donors (Lipinski definition) is 4. The Morgan fingerprint density at radius 1 is 0.333 bits per heavy atom. The maximum Gasteiger partial charge on any atom is 0.251 e. The molecule has 2 saturated carbocycles. The number of nitrogens with zero attached hydrogens (tertiary/aromatic N) is 6. The summed E-state index contributed by atoms with van der Waals surface area (Å²) in [5.74, 6) is -0.261. The lowest BCUT2D eigenvalue weighted by Gasteiger charge is -2.44. The quantitative estimate of drug-likeness (QED) is 0.0696. The molecule has 108 heavy (non-hydrogen) atoms. The van der Waals surface area contributed by atoms with Crippen molar-refractivity contribution in [2.75, 3.05) is 23.7 Å². The molecule has 2 aromatic heterocycles. The molecule has 18 rings (SSSR count). The highest BCUT2D eigenvalue weighted by Gasteiger charge is 2.54. The first kappa shape index (κ1) is 69.2. The fraction of sp³-hybridized carbons (Fsp3) is 0.255. The number of nitrogens with one attached hydrogen (secondary N) is 4. The molecule has 4 N–H and O–H groups in total. The second kappa shape index (κ2) is 30.5. The van der Waals surface area contributed by atoms with Crippen molar-refractivity contribution in [3.05, 3.63) is 383 Å². The molecule has 0 radical (unpaired) electrons. The Kier molecular flexibility index (Phi) is 19.5. The zero-order chi connectivity index (χ0) is 73.0. The van der Waals surface area contributed by atoms with Gasteiger partial charge in [0.1, 0.15) is 11.1 Å². The molecule has 12 aromatic rings. The van der Waals surface area contributed by atoms with Crippen molar-refractivity contribution < 1.29 is 19.2 Å². The SMILES string of the molecule is O=C(N[C@@H]1CCCC[C@@H]1C(=O)N1CC[C@@H]2[C@H](c3ccnn3C(c3ccccc3)(c3ccccc3)c3ccccc3)Nc3ccccc3[C@@H]21)c1ccccc1.O=C(N[C@@H]1CCCC[C@@H]1C(=O)N1CC[C@H]2[C@@H](c3ccnn3C(c3ccccc3)(c3ccccc3)c3ccccc3)Nc3ccccc3[C@H]21)c1ccccc1. The summed E-state index contributed by atoms with van der Waals surface area (Å²) < 4.78 is 4.47. The lowest BCUT2D eigenvalue weighted by Crippen LogP contribution is -2.50. The Labute approximate surface area is 632 Å². The molecule has 14 heteroatoms. The largest absolute Gasteiger partial charge is 0.376 e. The van der Waals surface area contributed by atoms with E-state index in [9.17, 15) is 19.2 Å². The Morgan fingerprint density at radius 2 is 0.620 bits per heavy atom. The zero-order valence-corrected chi connectivity index (χ0v) is 60.6. The number of benzene rings is 10. The number of rotatable bonds is 16. The molecule has 4 amide bonds. The molecule has 4 aliphatic heterocycles. The monoisotopic (exact) mass is 1420 g/mol. The van der Waals surface area contributed by atoms with Gasteiger partial charge in [-0.3, -0.25) is 19.2 Å². The van der Waals surface area contributed by atoms with Crippen molar-refractivity contribution in [2.45, 2.75) is 112 Å². The van der Waals surface area contributed by atoms with Gasteiger partial charge in [0.2, 0.25) is 11.8 Å².